The number of esters is 2. The number of carboxylic acid groups (broad SMARTS) is 1. The molecular weight excluding hydrogens is 823 g/mol. The highest BCUT2D eigenvalue weighted by Gasteiger charge is 2.25. The fraction of sp³-hybridized carbons (Fsp3) is 0.741. The van der Waals surface area contributed by atoms with Crippen LogP contribution >= 0.6 is 0 Å². The Labute approximate surface area is 406 Å². The van der Waals surface area contributed by atoms with Gasteiger partial charge in [0, 0.05) is 19.3 Å². The molecule has 0 aliphatic heterocycles. The van der Waals surface area contributed by atoms with Crippen molar-refractivity contribution < 1.29 is 38.2 Å². The third-order valence-corrected chi connectivity index (χ3v) is 11.9. The van der Waals surface area contributed by atoms with Gasteiger partial charge in [0.2, 0.25) is 0 Å². The van der Waals surface area contributed by atoms with Gasteiger partial charge in [-0.2, -0.15) is 0 Å². The molecule has 0 saturated heterocycles. The van der Waals surface area contributed by atoms with E-state index in [1.807, 2.05) is 12.2 Å². The lowest BCUT2D eigenvalue weighted by Gasteiger charge is -2.34. The van der Waals surface area contributed by atoms with Crippen LogP contribution in [0.25, 0.3) is 0 Å². The third-order valence-electron chi connectivity index (χ3n) is 11.9. The van der Waals surface area contributed by atoms with E-state index in [2.05, 4.69) is 74.6 Å². The van der Waals surface area contributed by atoms with E-state index in [9.17, 15) is 19.5 Å². The molecule has 0 aliphatic rings. The Kier molecular flexibility index (Phi) is 45.9. The first-order valence-electron chi connectivity index (χ1n) is 27.0. The number of nitrogens with zero attached hydrogens (tertiary/aromatic N) is 1. The van der Waals surface area contributed by atoms with Crippen LogP contribution in [0.2, 0.25) is 0 Å². The second-order valence-corrected chi connectivity index (χ2v) is 19.1. The zero-order valence-corrected chi connectivity index (χ0v) is 43.3. The van der Waals surface area contributed by atoms with Crippen LogP contribution in [0.5, 0.6) is 0 Å². The molecule has 380 valence electrons. The van der Waals surface area contributed by atoms with Gasteiger partial charge in [-0.15, -0.1) is 0 Å². The number of carboxylic acids is 1. The average molecular weight is 924 g/mol. The molecule has 0 saturated carbocycles. The van der Waals surface area contributed by atoms with Crippen LogP contribution in [0.3, 0.4) is 0 Å². The van der Waals surface area contributed by atoms with Gasteiger partial charge in [0.15, 0.2) is 6.10 Å². The highest BCUT2D eigenvalue weighted by molar-refractivity contribution is 5.70. The molecule has 2 unspecified atom stereocenters. The number of quaternary nitrogens is 1. The summed E-state index contributed by atoms with van der Waals surface area (Å²) in [6.45, 7) is 4.49. The van der Waals surface area contributed by atoms with Crippen molar-refractivity contribution in [1.29, 1.82) is 0 Å². The van der Waals surface area contributed by atoms with Crippen molar-refractivity contribution in [2.45, 2.75) is 238 Å². The second kappa shape index (κ2) is 48.2. The molecule has 8 heteroatoms. The zero-order valence-electron chi connectivity index (χ0n) is 43.3. The molecule has 0 aliphatic carbocycles. The first-order valence-corrected chi connectivity index (χ1v) is 27.0. The van der Waals surface area contributed by atoms with Gasteiger partial charge in [-0.1, -0.05) is 228 Å². The lowest BCUT2D eigenvalue weighted by Crippen LogP contribution is -2.55. The quantitative estimate of drug-likeness (QED) is 0.0259. The fourth-order valence-electron chi connectivity index (χ4n) is 7.75. The first kappa shape index (κ1) is 62.8. The average Bonchev–Trinajstić information content (AvgIpc) is 3.28. The van der Waals surface area contributed by atoms with E-state index in [-0.39, 0.29) is 43.1 Å². The Balaban J connectivity index is 4.28. The number of hydrogen-bond acceptors (Lipinski definition) is 7. The molecule has 0 aromatic heterocycles. The highest BCUT2D eigenvalue weighted by atomic mass is 16.6. The van der Waals surface area contributed by atoms with Crippen LogP contribution < -0.4 is 5.11 Å². The minimum absolute atomic E-state index is 0.00921. The van der Waals surface area contributed by atoms with Crippen LogP contribution in [0.1, 0.15) is 226 Å². The van der Waals surface area contributed by atoms with Gasteiger partial charge >= 0.3 is 11.9 Å². The van der Waals surface area contributed by atoms with Crippen molar-refractivity contribution in [3.8, 4) is 0 Å². The molecule has 0 amide bonds. The van der Waals surface area contributed by atoms with E-state index in [0.717, 1.165) is 57.8 Å². The SMILES string of the molecule is CC/C=C\C/C=C\C/C=C\C/C=C\C/C=C\C/C=C\CCC(=O)OC(COCCC(C(=O)[O-])[N+](C)(C)C)COC(=O)CCCCCCCCCCCCCCCCCCCCCCCCC. The molecular formula is C58H101NO7. The van der Waals surface area contributed by atoms with Crippen molar-refractivity contribution in [2.24, 2.45) is 0 Å². The summed E-state index contributed by atoms with van der Waals surface area (Å²) in [6, 6.07) is -0.742. The number of rotatable bonds is 48. The number of carbonyl (C=O) groups excluding carboxylic acids is 3. The molecule has 0 bridgehead atoms. The first-order chi connectivity index (χ1) is 32.1. The molecule has 0 fully saturated rings. The summed E-state index contributed by atoms with van der Waals surface area (Å²) < 4.78 is 17.2. The second-order valence-electron chi connectivity index (χ2n) is 19.1. The molecule has 0 aromatic carbocycles. The minimum Gasteiger partial charge on any atom is -0.544 e. The predicted octanol–water partition coefficient (Wildman–Crippen LogP) is 14.5. The Bertz CT molecular complexity index is 1310. The Hall–Kier alpha value is -3.23. The number of carbonyl (C=O) groups is 3. The molecule has 0 spiro atoms. The van der Waals surface area contributed by atoms with Crippen molar-refractivity contribution in [3.05, 3.63) is 72.9 Å². The standard InChI is InChI=1S/C58H101NO7/c1-6-8-10-12-14-16-18-20-22-24-26-27-28-29-31-32-34-36-38-40-42-44-46-48-56(60)65-53-54(52-64-51-50-55(58(62)63)59(3,4)5)66-57(61)49-47-45-43-41-39-37-35-33-30-25-23-21-19-17-15-13-11-9-7-2/h9,11,15,17,21,23,30,33,37,39,43,45,54-55H,6-8,10,12-14,16,18-20,22,24-29,31-32,34-36,38,40-42,44,46-53H2,1-5H3/b11-9-,17-15-,23-21-,33-30-,39-37-,45-43-. The van der Waals surface area contributed by atoms with Gasteiger partial charge in [-0.05, 0) is 51.4 Å². The third kappa shape index (κ3) is 45.9. The number of ether oxygens (including phenoxy) is 3. The molecule has 0 aromatic rings. The predicted molar refractivity (Wildman–Crippen MR) is 277 cm³/mol. The van der Waals surface area contributed by atoms with E-state index >= 15 is 0 Å². The van der Waals surface area contributed by atoms with Crippen LogP contribution in [-0.2, 0) is 28.6 Å². The van der Waals surface area contributed by atoms with Crippen LogP contribution in [0.4, 0.5) is 0 Å². The fourth-order valence-corrected chi connectivity index (χ4v) is 7.75. The smallest absolute Gasteiger partial charge is 0.306 e. The number of likely N-dealkylation sites (N-methyl/N-ethyl adjacent to an activating group) is 1. The van der Waals surface area contributed by atoms with E-state index in [1.165, 1.54) is 128 Å². The summed E-state index contributed by atoms with van der Waals surface area (Å²) in [4.78, 5) is 37.0. The zero-order chi connectivity index (χ0) is 48.4. The summed E-state index contributed by atoms with van der Waals surface area (Å²) in [5.74, 6) is -1.84. The lowest BCUT2D eigenvalue weighted by molar-refractivity contribution is -0.889. The molecule has 8 nitrogen and oxygen atoms in total. The Morgan fingerprint density at radius 1 is 0.470 bits per heavy atom. The summed E-state index contributed by atoms with van der Waals surface area (Å²) in [6.07, 6.45) is 62.5. The van der Waals surface area contributed by atoms with E-state index < -0.39 is 24.1 Å². The molecule has 0 radical (unpaired) electrons. The molecule has 2 atom stereocenters. The summed E-state index contributed by atoms with van der Waals surface area (Å²) in [5, 5.41) is 11.7. The van der Waals surface area contributed by atoms with E-state index in [0.29, 0.717) is 12.8 Å². The van der Waals surface area contributed by atoms with E-state index in [1.54, 1.807) is 21.1 Å². The summed E-state index contributed by atoms with van der Waals surface area (Å²) in [7, 11) is 5.39. The van der Waals surface area contributed by atoms with Crippen LogP contribution in [0.15, 0.2) is 72.9 Å². The molecule has 0 heterocycles. The number of hydrogen-bond donors (Lipinski definition) is 0. The topological polar surface area (TPSA) is 102 Å². The van der Waals surface area contributed by atoms with Crippen molar-refractivity contribution in [1.82, 2.24) is 0 Å². The maximum Gasteiger partial charge on any atom is 0.306 e. The Morgan fingerprint density at radius 3 is 1.23 bits per heavy atom. The maximum atomic E-state index is 12.8. The van der Waals surface area contributed by atoms with Crippen molar-refractivity contribution in [2.75, 3.05) is 41.0 Å². The monoisotopic (exact) mass is 924 g/mol. The largest absolute Gasteiger partial charge is 0.544 e. The normalized spacial score (nSPS) is 13.4. The van der Waals surface area contributed by atoms with Crippen LogP contribution in [-0.4, -0.2) is 75.5 Å². The van der Waals surface area contributed by atoms with Crippen molar-refractivity contribution >= 4 is 17.9 Å². The summed E-state index contributed by atoms with van der Waals surface area (Å²) >= 11 is 0. The number of unbranched alkanes of at least 4 members (excludes halogenated alkanes) is 22. The highest BCUT2D eigenvalue weighted by Crippen LogP contribution is 2.16. The maximum absolute atomic E-state index is 12.8. The van der Waals surface area contributed by atoms with Crippen LogP contribution in [0, 0.1) is 0 Å². The Morgan fingerprint density at radius 2 is 0.848 bits per heavy atom. The number of aliphatic carboxylic acids is 1. The van der Waals surface area contributed by atoms with Gasteiger partial charge in [0.25, 0.3) is 0 Å². The molecule has 0 rings (SSSR count). The lowest BCUT2D eigenvalue weighted by atomic mass is 10.0. The van der Waals surface area contributed by atoms with E-state index in [4.69, 9.17) is 14.2 Å². The van der Waals surface area contributed by atoms with Gasteiger partial charge in [0.05, 0.1) is 40.3 Å². The molecule has 66 heavy (non-hydrogen) atoms. The number of allylic oxidation sites excluding steroid dienone is 12. The van der Waals surface area contributed by atoms with Gasteiger partial charge in [-0.25, -0.2) is 0 Å². The van der Waals surface area contributed by atoms with Gasteiger partial charge in [-0.3, -0.25) is 9.59 Å². The van der Waals surface area contributed by atoms with Crippen molar-refractivity contribution in [3.63, 3.8) is 0 Å². The molecule has 0 N–H and O–H groups in total. The minimum atomic E-state index is -1.14. The van der Waals surface area contributed by atoms with Gasteiger partial charge in [0.1, 0.15) is 12.6 Å². The summed E-state index contributed by atoms with van der Waals surface area (Å²) in [5.41, 5.74) is 0. The van der Waals surface area contributed by atoms with Gasteiger partial charge < -0.3 is 28.6 Å².